The van der Waals surface area contributed by atoms with Crippen molar-refractivity contribution in [3.8, 4) is 0 Å². The number of amides is 2. The van der Waals surface area contributed by atoms with Gasteiger partial charge in [-0.2, -0.15) is 0 Å². The van der Waals surface area contributed by atoms with E-state index in [1.165, 1.54) is 18.2 Å². The van der Waals surface area contributed by atoms with E-state index in [2.05, 4.69) is 26.6 Å². The van der Waals surface area contributed by atoms with Crippen LogP contribution in [-0.2, 0) is 9.59 Å². The third-order valence-corrected chi connectivity index (χ3v) is 3.00. The Labute approximate surface area is 124 Å². The molecule has 7 heteroatoms. The van der Waals surface area contributed by atoms with Crippen LogP contribution in [0.15, 0.2) is 22.7 Å². The van der Waals surface area contributed by atoms with Gasteiger partial charge in [0, 0.05) is 11.0 Å². The van der Waals surface area contributed by atoms with Crippen LogP contribution in [0.3, 0.4) is 0 Å². The fourth-order valence-electron chi connectivity index (χ4n) is 1.50. The van der Waals surface area contributed by atoms with Gasteiger partial charge in [0.1, 0.15) is 5.82 Å². The molecule has 0 saturated heterocycles. The standard InChI is InChI=1S/C13H16BrFN2O3/c1-2-3-9(18)7-16-12(19)13(20)17-11-6-8(14)4-5-10(11)15/h4-6,9,18H,2-3,7H2,1H3,(H,16,19)(H,17,20)/t9-/m0/s1. The maximum absolute atomic E-state index is 13.4. The molecule has 0 unspecified atom stereocenters. The first-order chi connectivity index (χ1) is 9.43. The largest absolute Gasteiger partial charge is 0.391 e. The Bertz CT molecular complexity index is 497. The predicted octanol–water partition coefficient (Wildman–Crippen LogP) is 1.80. The molecule has 0 aliphatic rings. The summed E-state index contributed by atoms with van der Waals surface area (Å²) in [6, 6.07) is 4.00. The first kappa shape index (κ1) is 16.6. The lowest BCUT2D eigenvalue weighted by molar-refractivity contribution is -0.136. The van der Waals surface area contributed by atoms with E-state index < -0.39 is 23.7 Å². The Morgan fingerprint density at radius 1 is 1.40 bits per heavy atom. The van der Waals surface area contributed by atoms with Gasteiger partial charge < -0.3 is 15.7 Å². The summed E-state index contributed by atoms with van der Waals surface area (Å²) in [4.78, 5) is 23.0. The van der Waals surface area contributed by atoms with E-state index in [0.29, 0.717) is 10.9 Å². The fourth-order valence-corrected chi connectivity index (χ4v) is 1.86. The van der Waals surface area contributed by atoms with Crippen molar-refractivity contribution in [2.45, 2.75) is 25.9 Å². The Kier molecular flexibility index (Phi) is 6.60. The van der Waals surface area contributed by atoms with Gasteiger partial charge in [-0.05, 0) is 24.6 Å². The molecule has 3 N–H and O–H groups in total. The van der Waals surface area contributed by atoms with E-state index in [9.17, 15) is 19.1 Å². The number of carbonyl (C=O) groups excluding carboxylic acids is 2. The molecule has 2 amide bonds. The summed E-state index contributed by atoms with van der Waals surface area (Å²) in [7, 11) is 0. The number of anilines is 1. The monoisotopic (exact) mass is 346 g/mol. The number of hydrogen-bond acceptors (Lipinski definition) is 3. The molecular formula is C13H16BrFN2O3. The number of carbonyl (C=O) groups is 2. The summed E-state index contributed by atoms with van der Waals surface area (Å²) < 4.78 is 14.0. The number of halogens is 2. The van der Waals surface area contributed by atoms with Gasteiger partial charge in [0.2, 0.25) is 0 Å². The molecule has 0 saturated carbocycles. The molecule has 0 fully saturated rings. The van der Waals surface area contributed by atoms with Crippen LogP contribution < -0.4 is 10.6 Å². The minimum atomic E-state index is -0.981. The molecule has 1 rings (SSSR count). The molecule has 0 spiro atoms. The van der Waals surface area contributed by atoms with Crippen molar-refractivity contribution in [2.75, 3.05) is 11.9 Å². The van der Waals surface area contributed by atoms with Crippen molar-refractivity contribution < 1.29 is 19.1 Å². The number of nitrogens with one attached hydrogen (secondary N) is 2. The van der Waals surface area contributed by atoms with Crippen molar-refractivity contribution in [1.82, 2.24) is 5.32 Å². The van der Waals surface area contributed by atoms with Gasteiger partial charge in [-0.15, -0.1) is 0 Å². The van der Waals surface area contributed by atoms with Gasteiger partial charge in [0.05, 0.1) is 11.8 Å². The van der Waals surface area contributed by atoms with E-state index in [1.54, 1.807) is 0 Å². The minimum Gasteiger partial charge on any atom is -0.391 e. The predicted molar refractivity (Wildman–Crippen MR) is 76.7 cm³/mol. The van der Waals surface area contributed by atoms with Crippen molar-refractivity contribution in [3.05, 3.63) is 28.5 Å². The van der Waals surface area contributed by atoms with Gasteiger partial charge in [0.25, 0.3) is 0 Å². The highest BCUT2D eigenvalue weighted by molar-refractivity contribution is 9.10. The summed E-state index contributed by atoms with van der Waals surface area (Å²) in [5, 5.41) is 13.9. The first-order valence-corrected chi connectivity index (χ1v) is 6.95. The van der Waals surface area contributed by atoms with Crippen LogP contribution in [0.5, 0.6) is 0 Å². The van der Waals surface area contributed by atoms with Gasteiger partial charge in [-0.1, -0.05) is 29.3 Å². The Hall–Kier alpha value is -1.47. The lowest BCUT2D eigenvalue weighted by Gasteiger charge is -2.11. The van der Waals surface area contributed by atoms with Crippen LogP contribution in [0.1, 0.15) is 19.8 Å². The smallest absolute Gasteiger partial charge is 0.313 e. The summed E-state index contributed by atoms with van der Waals surface area (Å²) in [5.74, 6) is -2.54. The third kappa shape index (κ3) is 5.26. The van der Waals surface area contributed by atoms with Crippen molar-refractivity contribution in [3.63, 3.8) is 0 Å². The highest BCUT2D eigenvalue weighted by Crippen LogP contribution is 2.19. The normalized spacial score (nSPS) is 11.8. The number of hydrogen-bond donors (Lipinski definition) is 3. The highest BCUT2D eigenvalue weighted by atomic mass is 79.9. The van der Waals surface area contributed by atoms with E-state index in [4.69, 9.17) is 0 Å². The summed E-state index contributed by atoms with van der Waals surface area (Å²) in [5.41, 5.74) is -0.0892. The van der Waals surface area contributed by atoms with Crippen molar-refractivity contribution in [1.29, 1.82) is 0 Å². The van der Waals surface area contributed by atoms with Crippen molar-refractivity contribution >= 4 is 33.4 Å². The first-order valence-electron chi connectivity index (χ1n) is 6.16. The quantitative estimate of drug-likeness (QED) is 0.711. The Balaban J connectivity index is 2.53. The van der Waals surface area contributed by atoms with Crippen LogP contribution >= 0.6 is 15.9 Å². The molecule has 1 atom stereocenters. The molecule has 110 valence electrons. The van der Waals surface area contributed by atoms with E-state index in [1.807, 2.05) is 6.92 Å². The topological polar surface area (TPSA) is 78.4 Å². The second kappa shape index (κ2) is 7.96. The lowest BCUT2D eigenvalue weighted by Crippen LogP contribution is -2.39. The zero-order chi connectivity index (χ0) is 15.1. The van der Waals surface area contributed by atoms with E-state index >= 15 is 0 Å². The molecule has 0 aliphatic carbocycles. The lowest BCUT2D eigenvalue weighted by atomic mass is 10.2. The average Bonchev–Trinajstić information content (AvgIpc) is 2.40. The van der Waals surface area contributed by atoms with Crippen LogP contribution in [0.25, 0.3) is 0 Å². The maximum atomic E-state index is 13.4. The van der Waals surface area contributed by atoms with Gasteiger partial charge >= 0.3 is 11.8 Å². The highest BCUT2D eigenvalue weighted by Gasteiger charge is 2.16. The SMILES string of the molecule is CCC[C@H](O)CNC(=O)C(=O)Nc1cc(Br)ccc1F. The van der Waals surface area contributed by atoms with Gasteiger partial charge in [-0.25, -0.2) is 4.39 Å². The molecule has 0 heterocycles. The summed E-state index contributed by atoms with van der Waals surface area (Å²) >= 11 is 3.14. The van der Waals surface area contributed by atoms with E-state index in [-0.39, 0.29) is 12.2 Å². The minimum absolute atomic E-state index is 0.0128. The Morgan fingerprint density at radius 2 is 2.10 bits per heavy atom. The zero-order valence-corrected chi connectivity index (χ0v) is 12.5. The molecular weight excluding hydrogens is 331 g/mol. The van der Waals surface area contributed by atoms with Crippen LogP contribution in [0.4, 0.5) is 10.1 Å². The third-order valence-electron chi connectivity index (χ3n) is 2.50. The maximum Gasteiger partial charge on any atom is 0.313 e. The molecule has 0 bridgehead atoms. The molecule has 5 nitrogen and oxygen atoms in total. The zero-order valence-electron chi connectivity index (χ0n) is 11.0. The van der Waals surface area contributed by atoms with Crippen LogP contribution in [0.2, 0.25) is 0 Å². The number of aliphatic hydroxyl groups is 1. The molecule has 1 aromatic carbocycles. The van der Waals surface area contributed by atoms with Crippen LogP contribution in [0, 0.1) is 5.82 Å². The number of aliphatic hydroxyl groups excluding tert-OH is 1. The molecule has 0 aliphatic heterocycles. The molecule has 0 aromatic heterocycles. The van der Waals surface area contributed by atoms with E-state index in [0.717, 1.165) is 6.42 Å². The summed E-state index contributed by atoms with van der Waals surface area (Å²) in [6.07, 6.45) is 0.605. The molecule has 0 radical (unpaired) electrons. The van der Waals surface area contributed by atoms with Gasteiger partial charge in [0.15, 0.2) is 0 Å². The second-order valence-corrected chi connectivity index (χ2v) is 5.15. The van der Waals surface area contributed by atoms with Gasteiger partial charge in [-0.3, -0.25) is 9.59 Å². The number of rotatable bonds is 5. The second-order valence-electron chi connectivity index (χ2n) is 4.23. The average molecular weight is 347 g/mol. The fraction of sp³-hybridized carbons (Fsp3) is 0.385. The number of benzene rings is 1. The van der Waals surface area contributed by atoms with Crippen molar-refractivity contribution in [2.24, 2.45) is 0 Å². The Morgan fingerprint density at radius 3 is 2.75 bits per heavy atom. The molecule has 20 heavy (non-hydrogen) atoms. The molecule has 1 aromatic rings. The summed E-state index contributed by atoms with van der Waals surface area (Å²) in [6.45, 7) is 1.88. The van der Waals surface area contributed by atoms with Crippen LogP contribution in [-0.4, -0.2) is 29.6 Å².